The summed E-state index contributed by atoms with van der Waals surface area (Å²) in [5.74, 6) is -0.0604. The fourth-order valence-corrected chi connectivity index (χ4v) is 3.76. The van der Waals surface area contributed by atoms with Crippen LogP contribution in [-0.2, 0) is 0 Å². The number of amides is 1. The van der Waals surface area contributed by atoms with Crippen LogP contribution in [0.1, 0.15) is 45.0 Å². The van der Waals surface area contributed by atoms with E-state index in [0.717, 1.165) is 29.8 Å². The van der Waals surface area contributed by atoms with E-state index >= 15 is 0 Å². The number of aromatic amines is 1. The Morgan fingerprint density at radius 1 is 1.11 bits per heavy atom. The number of carboxylic acid groups (broad SMARTS) is 1. The van der Waals surface area contributed by atoms with Gasteiger partial charge in [-0.15, -0.1) is 0 Å². The van der Waals surface area contributed by atoms with Gasteiger partial charge in [-0.3, -0.25) is 4.79 Å². The first-order valence-electron chi connectivity index (χ1n) is 9.34. The van der Waals surface area contributed by atoms with Crippen molar-refractivity contribution in [3.8, 4) is 11.4 Å². The van der Waals surface area contributed by atoms with Crippen LogP contribution < -0.4 is 0 Å². The summed E-state index contributed by atoms with van der Waals surface area (Å²) in [7, 11) is 0. The largest absolute Gasteiger partial charge is 0.478 e. The first-order chi connectivity index (χ1) is 13.6. The minimum absolute atomic E-state index is 0.00695. The van der Waals surface area contributed by atoms with E-state index in [-0.39, 0.29) is 17.4 Å². The fraction of sp³-hybridized carbons (Fsp3) is 0.227. The number of aromatic carboxylic acids is 1. The average Bonchev–Trinajstić information content (AvgIpc) is 3.28. The van der Waals surface area contributed by atoms with Crippen LogP contribution in [0.25, 0.3) is 11.4 Å². The van der Waals surface area contributed by atoms with Gasteiger partial charge in [0.05, 0.1) is 5.56 Å². The van der Waals surface area contributed by atoms with Crippen molar-refractivity contribution in [1.29, 1.82) is 0 Å². The number of rotatable bonds is 4. The molecule has 2 heterocycles. The van der Waals surface area contributed by atoms with Crippen LogP contribution in [0.2, 0.25) is 0 Å². The first-order valence-corrected chi connectivity index (χ1v) is 9.34. The summed E-state index contributed by atoms with van der Waals surface area (Å²) in [5, 5.41) is 9.23. The van der Waals surface area contributed by atoms with Gasteiger partial charge in [0.2, 0.25) is 0 Å². The Balaban J connectivity index is 1.53. The molecule has 0 saturated carbocycles. The highest BCUT2D eigenvalue weighted by Gasteiger charge is 2.26. The Hall–Kier alpha value is -3.41. The molecule has 6 nitrogen and oxygen atoms in total. The summed E-state index contributed by atoms with van der Waals surface area (Å²) in [5.41, 5.74) is 2.77. The van der Waals surface area contributed by atoms with E-state index in [4.69, 9.17) is 0 Å². The number of carbonyl (C=O) groups is 2. The Bertz CT molecular complexity index is 998. The molecule has 0 unspecified atom stereocenters. The quantitative estimate of drug-likeness (QED) is 0.726. The highest BCUT2D eigenvalue weighted by Crippen LogP contribution is 2.29. The summed E-state index contributed by atoms with van der Waals surface area (Å²) in [4.78, 5) is 33.5. The molecule has 3 aromatic rings. The summed E-state index contributed by atoms with van der Waals surface area (Å²) in [6, 6.07) is 14.5. The lowest BCUT2D eigenvalue weighted by Gasteiger charge is -2.33. The molecule has 1 amide bonds. The van der Waals surface area contributed by atoms with Gasteiger partial charge in [-0.2, -0.15) is 0 Å². The van der Waals surface area contributed by atoms with Crippen molar-refractivity contribution >= 4 is 11.9 Å². The molecule has 0 aliphatic carbocycles. The molecule has 2 aromatic carbocycles. The monoisotopic (exact) mass is 375 g/mol. The Labute approximate surface area is 162 Å². The first kappa shape index (κ1) is 18.0. The zero-order valence-corrected chi connectivity index (χ0v) is 15.3. The predicted molar refractivity (Wildman–Crippen MR) is 105 cm³/mol. The van der Waals surface area contributed by atoms with Crippen LogP contribution in [-0.4, -0.2) is 44.9 Å². The lowest BCUT2D eigenvalue weighted by Crippen LogP contribution is -2.39. The number of imidazole rings is 1. The van der Waals surface area contributed by atoms with Gasteiger partial charge in [0.15, 0.2) is 0 Å². The van der Waals surface area contributed by atoms with Gasteiger partial charge in [-0.1, -0.05) is 24.3 Å². The van der Waals surface area contributed by atoms with E-state index in [1.807, 2.05) is 35.2 Å². The van der Waals surface area contributed by atoms with Crippen LogP contribution in [0.15, 0.2) is 60.9 Å². The second kappa shape index (κ2) is 7.68. The number of hydrogen-bond acceptors (Lipinski definition) is 3. The third-order valence-corrected chi connectivity index (χ3v) is 5.19. The molecule has 1 fully saturated rings. The SMILES string of the molecule is O=C(O)c1cccc([C@@H]2CCCN(C(=O)c3cccc(-c4ncc[nH]4)c3)C2)c1. The van der Waals surface area contributed by atoms with Crippen LogP contribution in [0.4, 0.5) is 0 Å². The van der Waals surface area contributed by atoms with E-state index in [2.05, 4.69) is 9.97 Å². The number of nitrogens with one attached hydrogen (secondary N) is 1. The van der Waals surface area contributed by atoms with Gasteiger partial charge in [0.1, 0.15) is 5.82 Å². The highest BCUT2D eigenvalue weighted by atomic mass is 16.4. The van der Waals surface area contributed by atoms with E-state index < -0.39 is 5.97 Å². The van der Waals surface area contributed by atoms with Crippen molar-refractivity contribution < 1.29 is 14.7 Å². The molecule has 1 saturated heterocycles. The predicted octanol–water partition coefficient (Wildman–Crippen LogP) is 3.79. The third kappa shape index (κ3) is 3.67. The molecule has 4 rings (SSSR count). The van der Waals surface area contributed by atoms with Crippen molar-refractivity contribution in [3.63, 3.8) is 0 Å². The van der Waals surface area contributed by atoms with Crippen molar-refractivity contribution in [2.75, 3.05) is 13.1 Å². The molecule has 142 valence electrons. The summed E-state index contributed by atoms with van der Waals surface area (Å²) < 4.78 is 0. The number of nitrogens with zero attached hydrogens (tertiary/aromatic N) is 2. The number of benzene rings is 2. The maximum Gasteiger partial charge on any atom is 0.335 e. The molecule has 1 aromatic heterocycles. The second-order valence-electron chi connectivity index (χ2n) is 7.04. The number of carboxylic acids is 1. The van der Waals surface area contributed by atoms with Gasteiger partial charge in [0, 0.05) is 42.5 Å². The van der Waals surface area contributed by atoms with Gasteiger partial charge >= 0.3 is 5.97 Å². The summed E-state index contributed by atoms with van der Waals surface area (Å²) in [6.07, 6.45) is 5.28. The van der Waals surface area contributed by atoms with E-state index in [9.17, 15) is 14.7 Å². The van der Waals surface area contributed by atoms with Crippen LogP contribution in [0.5, 0.6) is 0 Å². The molecule has 1 aliphatic heterocycles. The average molecular weight is 375 g/mol. The molecule has 1 atom stereocenters. The fourth-order valence-electron chi connectivity index (χ4n) is 3.76. The third-order valence-electron chi connectivity index (χ3n) is 5.19. The van der Waals surface area contributed by atoms with Gasteiger partial charge in [-0.25, -0.2) is 9.78 Å². The van der Waals surface area contributed by atoms with Gasteiger partial charge in [0.25, 0.3) is 5.91 Å². The molecule has 1 aliphatic rings. The topological polar surface area (TPSA) is 86.3 Å². The van der Waals surface area contributed by atoms with Gasteiger partial charge < -0.3 is 15.0 Å². The number of likely N-dealkylation sites (tertiary alicyclic amines) is 1. The smallest absolute Gasteiger partial charge is 0.335 e. The van der Waals surface area contributed by atoms with Crippen LogP contribution >= 0.6 is 0 Å². The Morgan fingerprint density at radius 2 is 1.93 bits per heavy atom. The number of piperidine rings is 1. The highest BCUT2D eigenvalue weighted by molar-refractivity contribution is 5.95. The second-order valence-corrected chi connectivity index (χ2v) is 7.04. The molecule has 0 spiro atoms. The summed E-state index contributed by atoms with van der Waals surface area (Å²) >= 11 is 0. The lowest BCUT2D eigenvalue weighted by atomic mass is 9.89. The van der Waals surface area contributed by atoms with Crippen molar-refractivity contribution in [3.05, 3.63) is 77.6 Å². The van der Waals surface area contributed by atoms with E-state index in [1.165, 1.54) is 0 Å². The molecule has 6 heteroatoms. The van der Waals surface area contributed by atoms with E-state index in [0.29, 0.717) is 18.7 Å². The Kier molecular flexibility index (Phi) is 4.93. The standard InChI is InChI=1S/C22H21N3O3/c26-21(17-6-2-5-16(13-17)20-23-9-10-24-20)25-11-3-8-19(14-25)15-4-1-7-18(12-15)22(27)28/h1-2,4-7,9-10,12-13,19H,3,8,11,14H2,(H,23,24)(H,27,28)/t19-/m1/s1. The number of hydrogen-bond donors (Lipinski definition) is 2. The van der Waals surface area contributed by atoms with Gasteiger partial charge in [-0.05, 0) is 42.7 Å². The van der Waals surface area contributed by atoms with E-state index in [1.54, 1.807) is 30.6 Å². The van der Waals surface area contributed by atoms with Crippen LogP contribution in [0, 0.1) is 0 Å². The van der Waals surface area contributed by atoms with Crippen molar-refractivity contribution in [2.24, 2.45) is 0 Å². The number of H-pyrrole nitrogens is 1. The zero-order valence-electron chi connectivity index (χ0n) is 15.3. The maximum atomic E-state index is 13.1. The molecule has 0 radical (unpaired) electrons. The minimum Gasteiger partial charge on any atom is -0.478 e. The number of aromatic nitrogens is 2. The van der Waals surface area contributed by atoms with Crippen molar-refractivity contribution in [2.45, 2.75) is 18.8 Å². The number of carbonyl (C=O) groups excluding carboxylic acids is 1. The lowest BCUT2D eigenvalue weighted by molar-refractivity contribution is 0.0688. The van der Waals surface area contributed by atoms with Crippen LogP contribution in [0.3, 0.4) is 0 Å². The zero-order chi connectivity index (χ0) is 19.5. The van der Waals surface area contributed by atoms with Crippen molar-refractivity contribution in [1.82, 2.24) is 14.9 Å². The summed E-state index contributed by atoms with van der Waals surface area (Å²) in [6.45, 7) is 1.30. The molecule has 0 bridgehead atoms. The normalized spacial score (nSPS) is 16.7. The Morgan fingerprint density at radius 3 is 2.71 bits per heavy atom. The minimum atomic E-state index is -0.930. The molecular formula is C22H21N3O3. The molecule has 2 N–H and O–H groups in total. The molecule has 28 heavy (non-hydrogen) atoms. The maximum absolute atomic E-state index is 13.1. The molecular weight excluding hydrogens is 354 g/mol.